The Bertz CT molecular complexity index is 378. The number of hydrogen-bond donors (Lipinski definition) is 1. The van der Waals surface area contributed by atoms with Gasteiger partial charge in [-0.3, -0.25) is 0 Å². The molecule has 0 aliphatic carbocycles. The fraction of sp³-hybridized carbons (Fsp3) is 0.636. The summed E-state index contributed by atoms with van der Waals surface area (Å²) in [6.45, 7) is 4.98. The van der Waals surface area contributed by atoms with Crippen molar-refractivity contribution < 1.29 is 0 Å². The summed E-state index contributed by atoms with van der Waals surface area (Å²) < 4.78 is 0. The van der Waals surface area contributed by atoms with E-state index in [1.165, 1.54) is 18.6 Å². The highest BCUT2D eigenvalue weighted by atomic mass is 35.5. The van der Waals surface area contributed by atoms with Gasteiger partial charge in [-0.15, -0.1) is 10.2 Å². The molecular weight excluding hydrogens is 242 g/mol. The van der Waals surface area contributed by atoms with Crippen molar-refractivity contribution in [1.82, 2.24) is 10.2 Å². The van der Waals surface area contributed by atoms with Crippen LogP contribution in [0.2, 0.25) is 5.15 Å². The smallest absolute Gasteiger partial charge is 0.155 e. The molecule has 1 fully saturated rings. The predicted octanol–water partition coefficient (Wildman–Crippen LogP) is 3.05. The number of nitrogens with one attached hydrogen (secondary N) is 1. The van der Waals surface area contributed by atoms with E-state index in [-0.39, 0.29) is 0 Å². The maximum atomic E-state index is 5.91. The van der Waals surface area contributed by atoms with Crippen molar-refractivity contribution in [1.29, 1.82) is 0 Å². The van der Waals surface area contributed by atoms with E-state index in [0.29, 0.717) is 5.15 Å². The topological polar surface area (TPSA) is 37.8 Å². The van der Waals surface area contributed by atoms with Gasteiger partial charge < -0.3 is 5.32 Å². The molecule has 1 unspecified atom stereocenters. The van der Waals surface area contributed by atoms with Crippen molar-refractivity contribution in [2.45, 2.75) is 31.9 Å². The van der Waals surface area contributed by atoms with Crippen LogP contribution >= 0.6 is 23.4 Å². The number of rotatable bonds is 3. The fourth-order valence-electron chi connectivity index (χ4n) is 1.76. The van der Waals surface area contributed by atoms with Crippen molar-refractivity contribution in [2.75, 3.05) is 17.6 Å². The monoisotopic (exact) mass is 257 g/mol. The Kier molecular flexibility index (Phi) is 3.92. The van der Waals surface area contributed by atoms with Crippen LogP contribution in [0.25, 0.3) is 0 Å². The number of anilines is 1. The first kappa shape index (κ1) is 12.0. The lowest BCUT2D eigenvalue weighted by Crippen LogP contribution is -2.16. The maximum absolute atomic E-state index is 5.91. The molecule has 88 valence electrons. The molecular formula is C11H16ClN3S. The van der Waals surface area contributed by atoms with Gasteiger partial charge in [0.1, 0.15) is 0 Å². The first-order valence-corrected chi connectivity index (χ1v) is 6.96. The van der Waals surface area contributed by atoms with Gasteiger partial charge in [0.2, 0.25) is 0 Å². The van der Waals surface area contributed by atoms with Crippen LogP contribution in [0.4, 0.5) is 5.82 Å². The molecule has 0 bridgehead atoms. The van der Waals surface area contributed by atoms with Crippen LogP contribution in [0.15, 0.2) is 0 Å². The quantitative estimate of drug-likeness (QED) is 0.903. The molecule has 0 spiro atoms. The molecule has 16 heavy (non-hydrogen) atoms. The van der Waals surface area contributed by atoms with Crippen molar-refractivity contribution in [2.24, 2.45) is 0 Å². The van der Waals surface area contributed by atoms with Gasteiger partial charge in [-0.05, 0) is 43.6 Å². The molecule has 2 rings (SSSR count). The average molecular weight is 258 g/mol. The summed E-state index contributed by atoms with van der Waals surface area (Å²) >= 11 is 7.95. The zero-order valence-electron chi connectivity index (χ0n) is 9.59. The summed E-state index contributed by atoms with van der Waals surface area (Å²) in [6, 6.07) is 0. The molecule has 2 heterocycles. The lowest BCUT2D eigenvalue weighted by atomic mass is 10.2. The first-order chi connectivity index (χ1) is 7.68. The molecule has 5 heteroatoms. The zero-order chi connectivity index (χ0) is 11.5. The minimum absolute atomic E-state index is 0.498. The molecule has 1 N–H and O–H groups in total. The van der Waals surface area contributed by atoms with E-state index in [4.69, 9.17) is 11.6 Å². The summed E-state index contributed by atoms with van der Waals surface area (Å²) in [7, 11) is 0. The summed E-state index contributed by atoms with van der Waals surface area (Å²) in [4.78, 5) is 0. The Hall–Kier alpha value is -0.480. The Morgan fingerprint density at radius 2 is 2.19 bits per heavy atom. The van der Waals surface area contributed by atoms with Gasteiger partial charge in [-0.25, -0.2) is 0 Å². The van der Waals surface area contributed by atoms with Gasteiger partial charge >= 0.3 is 0 Å². The van der Waals surface area contributed by atoms with Crippen LogP contribution in [0.1, 0.15) is 24.0 Å². The average Bonchev–Trinajstić information content (AvgIpc) is 2.78. The van der Waals surface area contributed by atoms with Crippen LogP contribution < -0.4 is 5.32 Å². The predicted molar refractivity (Wildman–Crippen MR) is 70.5 cm³/mol. The summed E-state index contributed by atoms with van der Waals surface area (Å²) in [5.41, 5.74) is 2.11. The summed E-state index contributed by atoms with van der Waals surface area (Å²) in [5, 5.41) is 12.6. The molecule has 0 saturated carbocycles. The molecule has 1 aromatic rings. The van der Waals surface area contributed by atoms with Gasteiger partial charge in [-0.2, -0.15) is 11.8 Å². The van der Waals surface area contributed by atoms with Crippen LogP contribution in [-0.4, -0.2) is 27.7 Å². The molecule has 1 aliphatic rings. The van der Waals surface area contributed by atoms with E-state index in [1.54, 1.807) is 0 Å². The highest BCUT2D eigenvalue weighted by Gasteiger charge is 2.16. The Labute approximate surface area is 105 Å². The first-order valence-electron chi connectivity index (χ1n) is 5.53. The molecule has 3 nitrogen and oxygen atoms in total. The minimum atomic E-state index is 0.498. The highest BCUT2D eigenvalue weighted by molar-refractivity contribution is 8.00. The van der Waals surface area contributed by atoms with Gasteiger partial charge in [0, 0.05) is 11.8 Å². The number of nitrogens with zero attached hydrogens (tertiary/aromatic N) is 2. The molecule has 1 atom stereocenters. The van der Waals surface area contributed by atoms with Crippen LogP contribution in [-0.2, 0) is 0 Å². The number of thioether (sulfide) groups is 1. The Morgan fingerprint density at radius 1 is 1.38 bits per heavy atom. The zero-order valence-corrected chi connectivity index (χ0v) is 11.2. The Balaban J connectivity index is 2.01. The second-order valence-electron chi connectivity index (χ2n) is 4.11. The van der Waals surface area contributed by atoms with Crippen LogP contribution in [0, 0.1) is 13.8 Å². The summed E-state index contributed by atoms with van der Waals surface area (Å²) in [6.07, 6.45) is 2.64. The molecule has 0 amide bonds. The van der Waals surface area contributed by atoms with E-state index < -0.39 is 0 Å². The Morgan fingerprint density at radius 3 is 2.88 bits per heavy atom. The highest BCUT2D eigenvalue weighted by Crippen LogP contribution is 2.27. The number of halogens is 1. The molecule has 1 aliphatic heterocycles. The second kappa shape index (κ2) is 5.23. The van der Waals surface area contributed by atoms with Gasteiger partial charge in [-0.1, -0.05) is 11.6 Å². The van der Waals surface area contributed by atoms with E-state index in [9.17, 15) is 0 Å². The standard InChI is InChI=1S/C11H16ClN3S/c1-7-8(2)11(15-14-10(7)12)13-6-9-4-3-5-16-9/h9H,3-6H2,1-2H3,(H,13,15). The molecule has 0 radical (unpaired) electrons. The third kappa shape index (κ3) is 2.61. The molecule has 1 aromatic heterocycles. The summed E-state index contributed by atoms with van der Waals surface area (Å²) in [5.74, 6) is 2.16. The van der Waals surface area contributed by atoms with Crippen molar-refractivity contribution in [3.63, 3.8) is 0 Å². The molecule has 1 saturated heterocycles. The van der Waals surface area contributed by atoms with E-state index in [2.05, 4.69) is 15.5 Å². The van der Waals surface area contributed by atoms with Gasteiger partial charge in [0.25, 0.3) is 0 Å². The van der Waals surface area contributed by atoms with Crippen molar-refractivity contribution >= 4 is 29.2 Å². The van der Waals surface area contributed by atoms with Crippen molar-refractivity contribution in [3.05, 3.63) is 16.3 Å². The minimum Gasteiger partial charge on any atom is -0.367 e. The normalized spacial score (nSPS) is 20.1. The fourth-order valence-corrected chi connectivity index (χ4v) is 3.14. The van der Waals surface area contributed by atoms with Crippen molar-refractivity contribution in [3.8, 4) is 0 Å². The van der Waals surface area contributed by atoms with Gasteiger partial charge in [0.05, 0.1) is 0 Å². The largest absolute Gasteiger partial charge is 0.367 e. The maximum Gasteiger partial charge on any atom is 0.155 e. The van der Waals surface area contributed by atoms with E-state index in [1.807, 2.05) is 25.6 Å². The lowest BCUT2D eigenvalue weighted by molar-refractivity contribution is 0.800. The molecule has 0 aromatic carbocycles. The third-order valence-corrected chi connectivity index (χ3v) is 4.74. The van der Waals surface area contributed by atoms with Gasteiger partial charge in [0.15, 0.2) is 11.0 Å². The van der Waals surface area contributed by atoms with Crippen LogP contribution in [0.3, 0.4) is 0 Å². The lowest BCUT2D eigenvalue weighted by Gasteiger charge is -2.13. The second-order valence-corrected chi connectivity index (χ2v) is 5.87. The SMILES string of the molecule is Cc1c(Cl)nnc(NCC2CCCS2)c1C. The number of hydrogen-bond acceptors (Lipinski definition) is 4. The van der Waals surface area contributed by atoms with E-state index >= 15 is 0 Å². The van der Waals surface area contributed by atoms with Crippen LogP contribution in [0.5, 0.6) is 0 Å². The third-order valence-electron chi connectivity index (χ3n) is 2.99. The number of aromatic nitrogens is 2. The van der Waals surface area contributed by atoms with E-state index in [0.717, 1.165) is 28.7 Å².